The number of hydrogen-bond acceptors (Lipinski definition) is 2. The van der Waals surface area contributed by atoms with Gasteiger partial charge in [-0.15, -0.1) is 0 Å². The summed E-state index contributed by atoms with van der Waals surface area (Å²) in [6.45, 7) is 3.96. The number of aryl methyl sites for hydroxylation is 4. The number of furan rings is 2. The molecule has 2 nitrogen and oxygen atoms in total. The van der Waals surface area contributed by atoms with Gasteiger partial charge in [0.05, 0.1) is 0 Å². The fraction of sp³-hybridized carbons (Fsp3) is 0.429. The van der Waals surface area contributed by atoms with Gasteiger partial charge >= 0.3 is 0 Å². The van der Waals surface area contributed by atoms with Crippen molar-refractivity contribution in [2.75, 3.05) is 0 Å². The van der Waals surface area contributed by atoms with Crippen LogP contribution in [0.4, 0.5) is 0 Å². The minimum Gasteiger partial charge on any atom is -0.466 e. The van der Waals surface area contributed by atoms with E-state index >= 15 is 0 Å². The van der Waals surface area contributed by atoms with Crippen molar-refractivity contribution < 1.29 is 8.83 Å². The molecule has 16 heavy (non-hydrogen) atoms. The molecule has 2 aromatic heterocycles. The van der Waals surface area contributed by atoms with E-state index < -0.39 is 0 Å². The number of rotatable bonds is 5. The first-order valence-corrected chi connectivity index (χ1v) is 5.84. The van der Waals surface area contributed by atoms with E-state index in [0.29, 0.717) is 0 Å². The molecule has 0 unspecified atom stereocenters. The second-order valence-electron chi connectivity index (χ2n) is 4.23. The van der Waals surface area contributed by atoms with Gasteiger partial charge in [-0.1, -0.05) is 0 Å². The Bertz CT molecular complexity index is 395. The van der Waals surface area contributed by atoms with Crippen LogP contribution in [0.5, 0.6) is 0 Å². The largest absolute Gasteiger partial charge is 0.466 e. The maximum absolute atomic E-state index is 5.52. The third kappa shape index (κ3) is 3.02. The summed E-state index contributed by atoms with van der Waals surface area (Å²) in [5.74, 6) is 4.18. The van der Waals surface area contributed by atoms with Crippen molar-refractivity contribution in [3.63, 3.8) is 0 Å². The summed E-state index contributed by atoms with van der Waals surface area (Å²) in [4.78, 5) is 0. The quantitative estimate of drug-likeness (QED) is 0.707. The summed E-state index contributed by atoms with van der Waals surface area (Å²) in [5, 5.41) is 0. The summed E-state index contributed by atoms with van der Waals surface area (Å²) < 4.78 is 11.0. The fourth-order valence-corrected chi connectivity index (χ4v) is 1.84. The molecular formula is C14H18O2. The van der Waals surface area contributed by atoms with Crippen LogP contribution in [0.2, 0.25) is 0 Å². The van der Waals surface area contributed by atoms with E-state index in [1.54, 1.807) is 0 Å². The predicted octanol–water partition coefficient (Wildman–Crippen LogP) is 4.05. The molecule has 0 saturated heterocycles. The highest BCUT2D eigenvalue weighted by molar-refractivity contribution is 5.06. The van der Waals surface area contributed by atoms with Gasteiger partial charge in [-0.2, -0.15) is 0 Å². The van der Waals surface area contributed by atoms with E-state index in [-0.39, 0.29) is 0 Å². The molecule has 2 heteroatoms. The Morgan fingerprint density at radius 3 is 1.50 bits per heavy atom. The van der Waals surface area contributed by atoms with Crippen molar-refractivity contribution >= 4 is 0 Å². The van der Waals surface area contributed by atoms with Crippen LogP contribution in [0, 0.1) is 13.8 Å². The van der Waals surface area contributed by atoms with Crippen molar-refractivity contribution in [1.82, 2.24) is 0 Å². The van der Waals surface area contributed by atoms with Crippen LogP contribution in [-0.2, 0) is 12.8 Å². The van der Waals surface area contributed by atoms with E-state index in [1.165, 1.54) is 0 Å². The molecule has 2 heterocycles. The van der Waals surface area contributed by atoms with E-state index in [1.807, 2.05) is 26.0 Å². The van der Waals surface area contributed by atoms with Crippen LogP contribution in [-0.4, -0.2) is 0 Å². The molecule has 0 atom stereocenters. The summed E-state index contributed by atoms with van der Waals surface area (Å²) in [6, 6.07) is 8.16. The zero-order chi connectivity index (χ0) is 11.4. The van der Waals surface area contributed by atoms with E-state index in [2.05, 4.69) is 12.1 Å². The SMILES string of the molecule is Cc1ccc(CCCCc2ccc(C)o2)o1. The summed E-state index contributed by atoms with van der Waals surface area (Å²) in [7, 11) is 0. The molecular weight excluding hydrogens is 200 g/mol. The predicted molar refractivity (Wildman–Crippen MR) is 63.5 cm³/mol. The van der Waals surface area contributed by atoms with Gasteiger partial charge in [-0.05, 0) is 51.0 Å². The Labute approximate surface area is 96.3 Å². The zero-order valence-corrected chi connectivity index (χ0v) is 9.95. The highest BCUT2D eigenvalue weighted by Crippen LogP contribution is 2.13. The first kappa shape index (κ1) is 11.1. The Kier molecular flexibility index (Phi) is 3.50. The molecule has 0 bridgehead atoms. The third-order valence-corrected chi connectivity index (χ3v) is 2.69. The molecule has 86 valence electrons. The van der Waals surface area contributed by atoms with Crippen LogP contribution in [0.3, 0.4) is 0 Å². The topological polar surface area (TPSA) is 26.3 Å². The minimum atomic E-state index is 0.997. The molecule has 0 saturated carbocycles. The second-order valence-corrected chi connectivity index (χ2v) is 4.23. The fourth-order valence-electron chi connectivity index (χ4n) is 1.84. The van der Waals surface area contributed by atoms with Gasteiger partial charge in [0.2, 0.25) is 0 Å². The van der Waals surface area contributed by atoms with Crippen LogP contribution < -0.4 is 0 Å². The average molecular weight is 218 g/mol. The monoisotopic (exact) mass is 218 g/mol. The molecule has 0 aliphatic rings. The number of hydrogen-bond donors (Lipinski definition) is 0. The average Bonchev–Trinajstić information content (AvgIpc) is 2.83. The highest BCUT2D eigenvalue weighted by atomic mass is 16.3. The Morgan fingerprint density at radius 2 is 1.19 bits per heavy atom. The zero-order valence-electron chi connectivity index (χ0n) is 9.95. The van der Waals surface area contributed by atoms with Gasteiger partial charge in [0.25, 0.3) is 0 Å². The van der Waals surface area contributed by atoms with Crippen molar-refractivity contribution in [2.45, 2.75) is 39.5 Å². The van der Waals surface area contributed by atoms with Gasteiger partial charge < -0.3 is 8.83 Å². The summed E-state index contributed by atoms with van der Waals surface area (Å²) in [6.07, 6.45) is 4.33. The Balaban J connectivity index is 1.69. The second kappa shape index (κ2) is 5.06. The van der Waals surface area contributed by atoms with Gasteiger partial charge in [0.15, 0.2) is 0 Å². The lowest BCUT2D eigenvalue weighted by Crippen LogP contribution is -1.86. The standard InChI is InChI=1S/C14H18O2/c1-11-7-9-13(15-11)5-3-4-6-14-10-8-12(2)16-14/h7-10H,3-6H2,1-2H3. The first-order valence-electron chi connectivity index (χ1n) is 5.84. The molecule has 0 N–H and O–H groups in total. The maximum atomic E-state index is 5.52. The van der Waals surface area contributed by atoms with Gasteiger partial charge in [-0.25, -0.2) is 0 Å². The van der Waals surface area contributed by atoms with Crippen molar-refractivity contribution in [3.05, 3.63) is 47.3 Å². The molecule has 0 spiro atoms. The van der Waals surface area contributed by atoms with Crippen LogP contribution >= 0.6 is 0 Å². The Morgan fingerprint density at radius 1 is 0.750 bits per heavy atom. The van der Waals surface area contributed by atoms with Crippen molar-refractivity contribution in [1.29, 1.82) is 0 Å². The first-order chi connectivity index (χ1) is 7.74. The van der Waals surface area contributed by atoms with Gasteiger partial charge in [0.1, 0.15) is 23.0 Å². The minimum absolute atomic E-state index is 0.997. The van der Waals surface area contributed by atoms with Gasteiger partial charge in [-0.3, -0.25) is 0 Å². The lowest BCUT2D eigenvalue weighted by molar-refractivity contribution is 0.457. The molecule has 0 amide bonds. The molecule has 0 aliphatic carbocycles. The molecule has 0 aromatic carbocycles. The normalized spacial score (nSPS) is 10.9. The maximum Gasteiger partial charge on any atom is 0.104 e. The summed E-state index contributed by atoms with van der Waals surface area (Å²) in [5.41, 5.74) is 0. The third-order valence-electron chi connectivity index (χ3n) is 2.69. The lowest BCUT2D eigenvalue weighted by Gasteiger charge is -1.97. The Hall–Kier alpha value is -1.44. The van der Waals surface area contributed by atoms with E-state index in [9.17, 15) is 0 Å². The van der Waals surface area contributed by atoms with Crippen LogP contribution in [0.1, 0.15) is 35.9 Å². The highest BCUT2D eigenvalue weighted by Gasteiger charge is 2.01. The van der Waals surface area contributed by atoms with E-state index in [4.69, 9.17) is 8.83 Å². The molecule has 2 rings (SSSR count). The number of unbranched alkanes of at least 4 members (excludes halogenated alkanes) is 1. The van der Waals surface area contributed by atoms with Crippen molar-refractivity contribution in [2.24, 2.45) is 0 Å². The van der Waals surface area contributed by atoms with Gasteiger partial charge in [0, 0.05) is 12.8 Å². The molecule has 0 fully saturated rings. The summed E-state index contributed by atoms with van der Waals surface area (Å²) >= 11 is 0. The smallest absolute Gasteiger partial charge is 0.104 e. The molecule has 2 aromatic rings. The molecule has 0 aliphatic heterocycles. The molecule has 0 radical (unpaired) electrons. The van der Waals surface area contributed by atoms with Crippen LogP contribution in [0.15, 0.2) is 33.1 Å². The van der Waals surface area contributed by atoms with Crippen molar-refractivity contribution in [3.8, 4) is 0 Å². The van der Waals surface area contributed by atoms with Crippen LogP contribution in [0.25, 0.3) is 0 Å². The lowest BCUT2D eigenvalue weighted by atomic mass is 10.1. The van der Waals surface area contributed by atoms with E-state index in [0.717, 1.165) is 48.7 Å².